The molecule has 0 bridgehead atoms. The summed E-state index contributed by atoms with van der Waals surface area (Å²) < 4.78 is 0. The fraction of sp³-hybridized carbons (Fsp3) is 0.417. The average Bonchev–Trinajstić information content (AvgIpc) is 3.27. The summed E-state index contributed by atoms with van der Waals surface area (Å²) in [7, 11) is 0. The number of hydrogen-bond acceptors (Lipinski definition) is 5. The quantitative estimate of drug-likeness (QED) is 0.474. The molecule has 1 heterocycles. The molecular formula is C24H30N6O2. The lowest BCUT2D eigenvalue weighted by Crippen LogP contribution is -2.41. The Labute approximate surface area is 188 Å². The summed E-state index contributed by atoms with van der Waals surface area (Å²) in [5.41, 5.74) is 3.94. The molecule has 0 saturated carbocycles. The first kappa shape index (κ1) is 23.2. The fourth-order valence-corrected chi connectivity index (χ4v) is 3.78. The maximum Gasteiger partial charge on any atom is 0.291 e. The fourth-order valence-electron chi connectivity index (χ4n) is 3.78. The lowest BCUT2D eigenvalue weighted by Gasteiger charge is -2.29. The number of anilines is 1. The van der Waals surface area contributed by atoms with Gasteiger partial charge in [0.15, 0.2) is 5.82 Å². The SMILES string of the molecule is CC(=O)NCCNC(C)(C)c1ccc(NC(=O)c2ncc(C#N)[nH]2)c(C2=CCCCC2)c1. The van der Waals surface area contributed by atoms with Crippen LogP contribution in [-0.4, -0.2) is 34.9 Å². The van der Waals surface area contributed by atoms with Crippen molar-refractivity contribution in [2.24, 2.45) is 0 Å². The monoisotopic (exact) mass is 434 g/mol. The van der Waals surface area contributed by atoms with E-state index in [-0.39, 0.29) is 28.9 Å². The summed E-state index contributed by atoms with van der Waals surface area (Å²) in [6.45, 7) is 6.90. The Bertz CT molecular complexity index is 1060. The molecule has 0 aliphatic heterocycles. The van der Waals surface area contributed by atoms with Gasteiger partial charge in [-0.15, -0.1) is 0 Å². The van der Waals surface area contributed by atoms with Crippen LogP contribution >= 0.6 is 0 Å². The van der Waals surface area contributed by atoms with Crippen LogP contribution in [0.5, 0.6) is 0 Å². The summed E-state index contributed by atoms with van der Waals surface area (Å²) in [5.74, 6) is -0.326. The van der Waals surface area contributed by atoms with Crippen molar-refractivity contribution < 1.29 is 9.59 Å². The van der Waals surface area contributed by atoms with Crippen LogP contribution in [0.4, 0.5) is 5.69 Å². The van der Waals surface area contributed by atoms with Gasteiger partial charge < -0.3 is 20.9 Å². The van der Waals surface area contributed by atoms with E-state index in [1.54, 1.807) is 0 Å². The Balaban J connectivity index is 1.85. The standard InChI is InChI=1S/C24H30N6O2/c1-16(31)26-11-12-28-24(2,3)18-9-10-21(20(13-18)17-7-5-4-6-8-17)30-23(32)22-27-15-19(14-25)29-22/h7,9-10,13,15,28H,4-6,8,11-12H2,1-3H3,(H,26,31)(H,27,29)(H,30,32). The van der Waals surface area contributed by atoms with Crippen molar-refractivity contribution in [1.82, 2.24) is 20.6 Å². The summed E-state index contributed by atoms with van der Waals surface area (Å²) in [6.07, 6.45) is 7.86. The van der Waals surface area contributed by atoms with Crippen molar-refractivity contribution in [2.75, 3.05) is 18.4 Å². The van der Waals surface area contributed by atoms with Crippen molar-refractivity contribution in [3.63, 3.8) is 0 Å². The van der Waals surface area contributed by atoms with E-state index in [9.17, 15) is 9.59 Å². The number of rotatable bonds is 8. The van der Waals surface area contributed by atoms with E-state index in [1.165, 1.54) is 25.1 Å². The lowest BCUT2D eigenvalue weighted by molar-refractivity contribution is -0.118. The van der Waals surface area contributed by atoms with E-state index in [2.05, 4.69) is 51.9 Å². The predicted molar refractivity (Wildman–Crippen MR) is 124 cm³/mol. The number of aromatic amines is 1. The van der Waals surface area contributed by atoms with Crippen molar-refractivity contribution in [3.05, 3.63) is 53.1 Å². The van der Waals surface area contributed by atoms with E-state index in [0.29, 0.717) is 13.1 Å². The molecular weight excluding hydrogens is 404 g/mol. The molecule has 1 aliphatic rings. The number of benzene rings is 1. The zero-order valence-corrected chi connectivity index (χ0v) is 18.8. The van der Waals surface area contributed by atoms with E-state index < -0.39 is 0 Å². The van der Waals surface area contributed by atoms with E-state index in [1.807, 2.05) is 18.2 Å². The molecule has 4 N–H and O–H groups in total. The predicted octanol–water partition coefficient (Wildman–Crippen LogP) is 3.45. The van der Waals surface area contributed by atoms with Gasteiger partial charge in [-0.3, -0.25) is 9.59 Å². The first-order valence-electron chi connectivity index (χ1n) is 10.9. The van der Waals surface area contributed by atoms with Gasteiger partial charge in [0.2, 0.25) is 5.91 Å². The largest absolute Gasteiger partial charge is 0.355 e. The summed E-state index contributed by atoms with van der Waals surface area (Å²) in [5, 5.41) is 18.2. The molecule has 0 spiro atoms. The summed E-state index contributed by atoms with van der Waals surface area (Å²) in [4.78, 5) is 30.5. The summed E-state index contributed by atoms with van der Waals surface area (Å²) >= 11 is 0. The van der Waals surface area contributed by atoms with Crippen molar-refractivity contribution in [1.29, 1.82) is 5.26 Å². The number of carbonyl (C=O) groups is 2. The lowest BCUT2D eigenvalue weighted by atomic mass is 9.87. The molecule has 8 heteroatoms. The molecule has 1 aliphatic carbocycles. The van der Waals surface area contributed by atoms with E-state index in [0.717, 1.165) is 36.1 Å². The molecule has 1 aromatic heterocycles. The number of carbonyl (C=O) groups excluding carboxylic acids is 2. The van der Waals surface area contributed by atoms with Gasteiger partial charge in [0, 0.05) is 36.8 Å². The highest BCUT2D eigenvalue weighted by Crippen LogP contribution is 2.35. The Morgan fingerprint density at radius 3 is 2.72 bits per heavy atom. The molecule has 0 radical (unpaired) electrons. The van der Waals surface area contributed by atoms with Gasteiger partial charge in [0.25, 0.3) is 5.91 Å². The van der Waals surface area contributed by atoms with Crippen LogP contribution in [0.3, 0.4) is 0 Å². The number of H-pyrrole nitrogens is 1. The highest BCUT2D eigenvalue weighted by molar-refractivity contribution is 6.03. The normalized spacial score (nSPS) is 13.8. The number of nitriles is 1. The number of nitrogens with one attached hydrogen (secondary N) is 4. The molecule has 0 unspecified atom stereocenters. The minimum Gasteiger partial charge on any atom is -0.355 e. The molecule has 3 rings (SSSR count). The third-order valence-corrected chi connectivity index (χ3v) is 5.60. The third-order valence-electron chi connectivity index (χ3n) is 5.60. The maximum atomic E-state index is 12.7. The first-order valence-corrected chi connectivity index (χ1v) is 10.9. The van der Waals surface area contributed by atoms with Crippen LogP contribution in [0.1, 0.15) is 73.9 Å². The topological polar surface area (TPSA) is 123 Å². The van der Waals surface area contributed by atoms with Crippen LogP contribution in [0.25, 0.3) is 5.57 Å². The molecule has 2 aromatic rings. The first-order chi connectivity index (χ1) is 15.3. The highest BCUT2D eigenvalue weighted by Gasteiger charge is 2.23. The van der Waals surface area contributed by atoms with E-state index in [4.69, 9.17) is 5.26 Å². The highest BCUT2D eigenvalue weighted by atomic mass is 16.2. The van der Waals surface area contributed by atoms with Crippen LogP contribution in [0.15, 0.2) is 30.5 Å². The molecule has 0 fully saturated rings. The maximum absolute atomic E-state index is 12.7. The molecule has 2 amide bonds. The number of hydrogen-bond donors (Lipinski definition) is 4. The summed E-state index contributed by atoms with van der Waals surface area (Å²) in [6, 6.07) is 7.99. The van der Waals surface area contributed by atoms with Crippen molar-refractivity contribution in [2.45, 2.75) is 52.0 Å². The van der Waals surface area contributed by atoms with Gasteiger partial charge in [-0.1, -0.05) is 12.1 Å². The van der Waals surface area contributed by atoms with Gasteiger partial charge in [0.05, 0.1) is 6.20 Å². The minimum absolute atomic E-state index is 0.0466. The Hall–Kier alpha value is -3.44. The van der Waals surface area contributed by atoms with Crippen molar-refractivity contribution in [3.8, 4) is 6.07 Å². The molecule has 0 atom stereocenters. The van der Waals surface area contributed by atoms with Crippen LogP contribution < -0.4 is 16.0 Å². The van der Waals surface area contributed by atoms with Crippen molar-refractivity contribution >= 4 is 23.1 Å². The number of imidazole rings is 1. The van der Waals surface area contributed by atoms with Gasteiger partial charge in [-0.2, -0.15) is 5.26 Å². The Morgan fingerprint density at radius 2 is 2.06 bits per heavy atom. The molecule has 0 saturated heterocycles. The smallest absolute Gasteiger partial charge is 0.291 e. The number of allylic oxidation sites excluding steroid dienone is 2. The second-order valence-electron chi connectivity index (χ2n) is 8.48. The second-order valence-corrected chi connectivity index (χ2v) is 8.48. The van der Waals surface area contributed by atoms with Gasteiger partial charge >= 0.3 is 0 Å². The molecule has 8 nitrogen and oxygen atoms in total. The second kappa shape index (κ2) is 10.2. The number of nitrogens with zero attached hydrogens (tertiary/aromatic N) is 2. The van der Waals surface area contributed by atoms with Gasteiger partial charge in [-0.25, -0.2) is 4.98 Å². The van der Waals surface area contributed by atoms with Crippen LogP contribution in [0.2, 0.25) is 0 Å². The minimum atomic E-state index is -0.385. The number of aromatic nitrogens is 2. The molecule has 32 heavy (non-hydrogen) atoms. The molecule has 1 aromatic carbocycles. The van der Waals surface area contributed by atoms with Crippen LogP contribution in [0, 0.1) is 11.3 Å². The zero-order valence-electron chi connectivity index (χ0n) is 18.8. The number of amides is 2. The molecule has 168 valence electrons. The van der Waals surface area contributed by atoms with Gasteiger partial charge in [0.1, 0.15) is 11.8 Å². The third kappa shape index (κ3) is 5.83. The zero-order chi connectivity index (χ0) is 23.1. The van der Waals surface area contributed by atoms with Gasteiger partial charge in [-0.05, 0) is 62.8 Å². The Kier molecular flexibility index (Phi) is 7.44. The van der Waals surface area contributed by atoms with E-state index >= 15 is 0 Å². The van der Waals surface area contributed by atoms with Crippen LogP contribution in [-0.2, 0) is 10.3 Å². The average molecular weight is 435 g/mol. The Morgan fingerprint density at radius 1 is 1.25 bits per heavy atom.